The van der Waals surface area contributed by atoms with Gasteiger partial charge in [0.05, 0.1) is 11.4 Å². The number of fused-ring (bicyclic) bond motifs is 1. The molecular weight excluding hydrogens is 262 g/mol. The summed E-state index contributed by atoms with van der Waals surface area (Å²) in [6.45, 7) is 5.08. The SMILES string of the molecule is CC(C)CC(CN)C(=O)NCc1cccc2cccnc12. The third-order valence-corrected chi connectivity index (χ3v) is 3.58. The fourth-order valence-electron chi connectivity index (χ4n) is 2.52. The van der Waals surface area contributed by atoms with E-state index in [9.17, 15) is 4.79 Å². The number of carbonyl (C=O) groups is 1. The molecule has 2 rings (SSSR count). The van der Waals surface area contributed by atoms with Crippen molar-refractivity contribution in [2.75, 3.05) is 6.54 Å². The Hall–Kier alpha value is -1.94. The number of nitrogens with two attached hydrogens (primary N) is 1. The van der Waals surface area contributed by atoms with E-state index >= 15 is 0 Å². The number of carbonyl (C=O) groups excluding carboxylic acids is 1. The van der Waals surface area contributed by atoms with Gasteiger partial charge in [0, 0.05) is 24.7 Å². The monoisotopic (exact) mass is 285 g/mol. The zero-order valence-electron chi connectivity index (χ0n) is 12.7. The molecule has 1 heterocycles. The van der Waals surface area contributed by atoms with Crippen molar-refractivity contribution in [1.29, 1.82) is 0 Å². The second-order valence-electron chi connectivity index (χ2n) is 5.77. The minimum atomic E-state index is -0.118. The molecule has 1 unspecified atom stereocenters. The first-order valence-electron chi connectivity index (χ1n) is 7.42. The van der Waals surface area contributed by atoms with Crippen LogP contribution in [0.25, 0.3) is 10.9 Å². The van der Waals surface area contributed by atoms with E-state index in [1.807, 2.05) is 30.3 Å². The van der Waals surface area contributed by atoms with Crippen LogP contribution in [0.5, 0.6) is 0 Å². The molecule has 0 fully saturated rings. The molecule has 3 N–H and O–H groups in total. The largest absolute Gasteiger partial charge is 0.352 e. The highest BCUT2D eigenvalue weighted by Crippen LogP contribution is 2.16. The second-order valence-corrected chi connectivity index (χ2v) is 5.77. The molecule has 4 heteroatoms. The third kappa shape index (κ3) is 4.02. The number of hydrogen-bond donors (Lipinski definition) is 2. The van der Waals surface area contributed by atoms with Crippen LogP contribution in [0.15, 0.2) is 36.5 Å². The number of aromatic nitrogens is 1. The molecular formula is C17H23N3O. The predicted octanol–water partition coefficient (Wildman–Crippen LogP) is 2.47. The van der Waals surface area contributed by atoms with Crippen LogP contribution in [0.3, 0.4) is 0 Å². The molecule has 0 bridgehead atoms. The van der Waals surface area contributed by atoms with Crippen LogP contribution in [-0.4, -0.2) is 17.4 Å². The maximum absolute atomic E-state index is 12.2. The van der Waals surface area contributed by atoms with Crippen LogP contribution < -0.4 is 11.1 Å². The highest BCUT2D eigenvalue weighted by Gasteiger charge is 2.18. The van der Waals surface area contributed by atoms with Crippen LogP contribution in [0.4, 0.5) is 0 Å². The lowest BCUT2D eigenvalue weighted by atomic mass is 9.96. The molecule has 2 aromatic rings. The third-order valence-electron chi connectivity index (χ3n) is 3.58. The predicted molar refractivity (Wildman–Crippen MR) is 85.6 cm³/mol. The van der Waals surface area contributed by atoms with Gasteiger partial charge >= 0.3 is 0 Å². The molecule has 0 saturated carbocycles. The number of rotatable bonds is 6. The van der Waals surface area contributed by atoms with Gasteiger partial charge in [-0.05, 0) is 24.0 Å². The van der Waals surface area contributed by atoms with Crippen molar-refractivity contribution in [3.63, 3.8) is 0 Å². The fourth-order valence-corrected chi connectivity index (χ4v) is 2.52. The Labute approximate surface area is 125 Å². The zero-order valence-corrected chi connectivity index (χ0v) is 12.7. The molecule has 0 spiro atoms. The van der Waals surface area contributed by atoms with E-state index in [0.29, 0.717) is 19.0 Å². The van der Waals surface area contributed by atoms with Gasteiger partial charge in [0.15, 0.2) is 0 Å². The van der Waals surface area contributed by atoms with Crippen molar-refractivity contribution >= 4 is 16.8 Å². The van der Waals surface area contributed by atoms with Crippen molar-refractivity contribution < 1.29 is 4.79 Å². The lowest BCUT2D eigenvalue weighted by molar-refractivity contribution is -0.125. The Kier molecular flexibility index (Phi) is 5.28. The fraction of sp³-hybridized carbons (Fsp3) is 0.412. The van der Waals surface area contributed by atoms with Crippen LogP contribution in [0.1, 0.15) is 25.8 Å². The minimum absolute atomic E-state index is 0.0270. The smallest absolute Gasteiger partial charge is 0.224 e. The summed E-state index contributed by atoms with van der Waals surface area (Å²) in [7, 11) is 0. The van der Waals surface area contributed by atoms with Gasteiger partial charge in [-0.2, -0.15) is 0 Å². The summed E-state index contributed by atoms with van der Waals surface area (Å²) in [5.74, 6) is 0.371. The summed E-state index contributed by atoms with van der Waals surface area (Å²) in [5.41, 5.74) is 7.68. The van der Waals surface area contributed by atoms with Crippen molar-refractivity contribution in [3.8, 4) is 0 Å². The van der Waals surface area contributed by atoms with Gasteiger partial charge in [-0.3, -0.25) is 9.78 Å². The first-order chi connectivity index (χ1) is 10.1. The molecule has 1 amide bonds. The molecule has 112 valence electrons. The number of benzene rings is 1. The average Bonchev–Trinajstić information content (AvgIpc) is 2.50. The Bertz CT molecular complexity index is 605. The number of pyridine rings is 1. The van der Waals surface area contributed by atoms with E-state index in [4.69, 9.17) is 5.73 Å². The molecule has 1 aromatic heterocycles. The van der Waals surface area contributed by atoms with Crippen LogP contribution in [0, 0.1) is 11.8 Å². The first-order valence-corrected chi connectivity index (χ1v) is 7.42. The van der Waals surface area contributed by atoms with Gasteiger partial charge in [0.2, 0.25) is 5.91 Å². The van der Waals surface area contributed by atoms with Gasteiger partial charge < -0.3 is 11.1 Å². The van der Waals surface area contributed by atoms with E-state index in [2.05, 4.69) is 24.1 Å². The second kappa shape index (κ2) is 7.18. The maximum Gasteiger partial charge on any atom is 0.224 e. The van der Waals surface area contributed by atoms with Gasteiger partial charge in [0.25, 0.3) is 0 Å². The van der Waals surface area contributed by atoms with E-state index in [0.717, 1.165) is 22.9 Å². The lowest BCUT2D eigenvalue weighted by Gasteiger charge is -2.17. The van der Waals surface area contributed by atoms with E-state index < -0.39 is 0 Å². The Balaban J connectivity index is 2.06. The average molecular weight is 285 g/mol. The number of amides is 1. The summed E-state index contributed by atoms with van der Waals surface area (Å²) < 4.78 is 0. The number of hydrogen-bond acceptors (Lipinski definition) is 3. The van der Waals surface area contributed by atoms with Crippen molar-refractivity contribution in [2.45, 2.75) is 26.8 Å². The quantitative estimate of drug-likeness (QED) is 0.856. The maximum atomic E-state index is 12.2. The molecule has 0 aliphatic rings. The topological polar surface area (TPSA) is 68.0 Å². The first kappa shape index (κ1) is 15.4. The Morgan fingerprint density at radius 2 is 2.05 bits per heavy atom. The molecule has 0 aliphatic heterocycles. The van der Waals surface area contributed by atoms with Crippen molar-refractivity contribution in [2.24, 2.45) is 17.6 Å². The number of para-hydroxylation sites is 1. The van der Waals surface area contributed by atoms with E-state index in [1.54, 1.807) is 6.20 Å². The summed E-state index contributed by atoms with van der Waals surface area (Å²) in [6.07, 6.45) is 2.59. The zero-order chi connectivity index (χ0) is 15.2. The highest BCUT2D eigenvalue weighted by atomic mass is 16.1. The molecule has 0 aliphatic carbocycles. The number of nitrogens with zero attached hydrogens (tertiary/aromatic N) is 1. The van der Waals surface area contributed by atoms with Crippen LogP contribution in [-0.2, 0) is 11.3 Å². The van der Waals surface area contributed by atoms with E-state index in [-0.39, 0.29) is 11.8 Å². The summed E-state index contributed by atoms with van der Waals surface area (Å²) in [5, 5.41) is 4.07. The van der Waals surface area contributed by atoms with Gasteiger partial charge in [-0.25, -0.2) is 0 Å². The molecule has 0 saturated heterocycles. The molecule has 1 aromatic carbocycles. The normalized spacial score (nSPS) is 12.6. The van der Waals surface area contributed by atoms with E-state index in [1.165, 1.54) is 0 Å². The molecule has 21 heavy (non-hydrogen) atoms. The molecule has 4 nitrogen and oxygen atoms in total. The summed E-state index contributed by atoms with van der Waals surface area (Å²) in [6, 6.07) is 9.94. The van der Waals surface area contributed by atoms with Gasteiger partial charge in [-0.15, -0.1) is 0 Å². The Morgan fingerprint density at radius 1 is 1.29 bits per heavy atom. The van der Waals surface area contributed by atoms with Crippen molar-refractivity contribution in [3.05, 3.63) is 42.1 Å². The van der Waals surface area contributed by atoms with Crippen LogP contribution >= 0.6 is 0 Å². The number of nitrogens with one attached hydrogen (secondary N) is 1. The summed E-state index contributed by atoms with van der Waals surface area (Å²) >= 11 is 0. The van der Waals surface area contributed by atoms with Gasteiger partial charge in [0.1, 0.15) is 0 Å². The standard InChI is InChI=1S/C17H23N3O/c1-12(2)9-15(10-18)17(21)20-11-14-6-3-5-13-7-4-8-19-16(13)14/h3-8,12,15H,9-11,18H2,1-2H3,(H,20,21). The van der Waals surface area contributed by atoms with Crippen LogP contribution in [0.2, 0.25) is 0 Å². The lowest BCUT2D eigenvalue weighted by Crippen LogP contribution is -2.35. The molecule has 1 atom stereocenters. The highest BCUT2D eigenvalue weighted by molar-refractivity contribution is 5.83. The molecule has 0 radical (unpaired) electrons. The minimum Gasteiger partial charge on any atom is -0.352 e. The van der Waals surface area contributed by atoms with Gasteiger partial charge in [-0.1, -0.05) is 38.1 Å². The summed E-state index contributed by atoms with van der Waals surface area (Å²) in [4.78, 5) is 16.6. The van der Waals surface area contributed by atoms with Crippen molar-refractivity contribution in [1.82, 2.24) is 10.3 Å². The Morgan fingerprint density at radius 3 is 2.76 bits per heavy atom.